The maximum absolute atomic E-state index is 11.1. The number of nitrogens with zero attached hydrogens (tertiary/aromatic N) is 1. The SMILES string of the molecule is CN=C(NCCc1ccc(NC(C)=O)cc1)NC(C)c1ccc(OCC(C)C)cc1. The fourth-order valence-electron chi connectivity index (χ4n) is 2.88. The van der Waals surface area contributed by atoms with E-state index in [0.717, 1.165) is 37.0 Å². The standard InChI is InChI=1S/C24H34N4O2/c1-17(2)16-30-23-12-8-21(9-13-23)18(3)27-24(25-5)26-15-14-20-6-10-22(11-7-20)28-19(4)29/h6-13,17-18H,14-16H2,1-5H3,(H,28,29)(H2,25,26,27). The van der Waals surface area contributed by atoms with Gasteiger partial charge in [-0.2, -0.15) is 0 Å². The van der Waals surface area contributed by atoms with Gasteiger partial charge in [-0.3, -0.25) is 9.79 Å². The highest BCUT2D eigenvalue weighted by atomic mass is 16.5. The van der Waals surface area contributed by atoms with Crippen molar-refractivity contribution in [1.82, 2.24) is 10.6 Å². The van der Waals surface area contributed by atoms with Crippen molar-refractivity contribution >= 4 is 17.6 Å². The number of ether oxygens (including phenoxy) is 1. The second-order valence-corrected chi connectivity index (χ2v) is 7.77. The fraction of sp³-hybridized carbons (Fsp3) is 0.417. The van der Waals surface area contributed by atoms with E-state index < -0.39 is 0 Å². The molecule has 0 saturated carbocycles. The zero-order chi connectivity index (χ0) is 21.9. The largest absolute Gasteiger partial charge is 0.493 e. The van der Waals surface area contributed by atoms with Crippen molar-refractivity contribution in [3.8, 4) is 5.75 Å². The van der Waals surface area contributed by atoms with E-state index in [1.54, 1.807) is 7.05 Å². The minimum absolute atomic E-state index is 0.0638. The zero-order valence-electron chi connectivity index (χ0n) is 18.7. The molecule has 0 fully saturated rings. The molecule has 1 amide bonds. The van der Waals surface area contributed by atoms with Crippen molar-refractivity contribution in [2.24, 2.45) is 10.9 Å². The van der Waals surface area contributed by atoms with E-state index in [1.807, 2.05) is 36.4 Å². The van der Waals surface area contributed by atoms with Crippen molar-refractivity contribution < 1.29 is 9.53 Å². The second kappa shape index (κ2) is 11.9. The van der Waals surface area contributed by atoms with Crippen LogP contribution in [0.15, 0.2) is 53.5 Å². The summed E-state index contributed by atoms with van der Waals surface area (Å²) < 4.78 is 5.75. The number of carbonyl (C=O) groups is 1. The first-order valence-corrected chi connectivity index (χ1v) is 10.4. The van der Waals surface area contributed by atoms with Crippen molar-refractivity contribution in [2.45, 2.75) is 40.2 Å². The Morgan fingerprint density at radius 2 is 1.70 bits per heavy atom. The lowest BCUT2D eigenvalue weighted by Gasteiger charge is -2.19. The molecule has 0 spiro atoms. The van der Waals surface area contributed by atoms with Crippen LogP contribution in [0.5, 0.6) is 5.75 Å². The first kappa shape index (κ1) is 23.3. The molecule has 0 aliphatic rings. The van der Waals surface area contributed by atoms with Crippen molar-refractivity contribution in [3.05, 3.63) is 59.7 Å². The van der Waals surface area contributed by atoms with Crippen LogP contribution in [-0.2, 0) is 11.2 Å². The third-order valence-electron chi connectivity index (χ3n) is 4.52. The zero-order valence-corrected chi connectivity index (χ0v) is 18.7. The van der Waals surface area contributed by atoms with Gasteiger partial charge in [-0.1, -0.05) is 38.1 Å². The maximum Gasteiger partial charge on any atom is 0.221 e. The number of guanidine groups is 1. The van der Waals surface area contributed by atoms with Crippen LogP contribution in [0.25, 0.3) is 0 Å². The Hall–Kier alpha value is -3.02. The highest BCUT2D eigenvalue weighted by Gasteiger charge is 2.08. The Balaban J connectivity index is 1.80. The van der Waals surface area contributed by atoms with Crippen LogP contribution in [0.2, 0.25) is 0 Å². The summed E-state index contributed by atoms with van der Waals surface area (Å²) in [7, 11) is 1.77. The average molecular weight is 411 g/mol. The van der Waals surface area contributed by atoms with Crippen molar-refractivity contribution in [2.75, 3.05) is 25.5 Å². The average Bonchev–Trinajstić information content (AvgIpc) is 2.72. The van der Waals surface area contributed by atoms with Gasteiger partial charge in [0.2, 0.25) is 5.91 Å². The molecule has 6 heteroatoms. The Labute approximate surface area is 180 Å². The molecule has 0 saturated heterocycles. The van der Waals surface area contributed by atoms with Gasteiger partial charge in [0.05, 0.1) is 12.6 Å². The van der Waals surface area contributed by atoms with Gasteiger partial charge < -0.3 is 20.7 Å². The van der Waals surface area contributed by atoms with Gasteiger partial charge >= 0.3 is 0 Å². The van der Waals surface area contributed by atoms with Crippen LogP contribution in [0.4, 0.5) is 5.69 Å². The lowest BCUT2D eigenvalue weighted by Crippen LogP contribution is -2.39. The smallest absolute Gasteiger partial charge is 0.221 e. The summed E-state index contributed by atoms with van der Waals surface area (Å²) in [6.07, 6.45) is 0.858. The van der Waals surface area contributed by atoms with E-state index >= 15 is 0 Å². The molecule has 2 aromatic carbocycles. The summed E-state index contributed by atoms with van der Waals surface area (Å²) in [6, 6.07) is 16.2. The molecule has 0 heterocycles. The highest BCUT2D eigenvalue weighted by molar-refractivity contribution is 5.88. The molecule has 6 nitrogen and oxygen atoms in total. The van der Waals surface area contributed by atoms with E-state index in [9.17, 15) is 4.79 Å². The number of hydrogen-bond acceptors (Lipinski definition) is 3. The van der Waals surface area contributed by atoms with Gasteiger partial charge in [0.1, 0.15) is 5.75 Å². The third-order valence-corrected chi connectivity index (χ3v) is 4.52. The molecule has 0 radical (unpaired) electrons. The summed E-state index contributed by atoms with van der Waals surface area (Å²) in [6.45, 7) is 9.37. The Kier molecular flexibility index (Phi) is 9.19. The van der Waals surface area contributed by atoms with Crippen LogP contribution in [-0.4, -0.2) is 32.1 Å². The van der Waals surface area contributed by atoms with E-state index in [0.29, 0.717) is 5.92 Å². The molecule has 2 aromatic rings. The molecule has 1 atom stereocenters. The number of benzene rings is 2. The molecule has 1 unspecified atom stereocenters. The van der Waals surface area contributed by atoms with E-state index in [2.05, 4.69) is 53.8 Å². The van der Waals surface area contributed by atoms with Gasteiger partial charge in [-0.25, -0.2) is 0 Å². The van der Waals surface area contributed by atoms with Gasteiger partial charge in [-0.15, -0.1) is 0 Å². The molecule has 0 aliphatic carbocycles. The number of amides is 1. The third kappa shape index (κ3) is 8.15. The van der Waals surface area contributed by atoms with E-state index in [4.69, 9.17) is 4.74 Å². The second-order valence-electron chi connectivity index (χ2n) is 7.77. The molecule has 162 valence electrons. The molecule has 0 bridgehead atoms. The first-order chi connectivity index (χ1) is 14.4. The molecule has 0 aromatic heterocycles. The van der Waals surface area contributed by atoms with Crippen LogP contribution in [0, 0.1) is 5.92 Å². The predicted molar refractivity (Wildman–Crippen MR) is 124 cm³/mol. The fourth-order valence-corrected chi connectivity index (χ4v) is 2.88. The number of anilines is 1. The van der Waals surface area contributed by atoms with Crippen molar-refractivity contribution in [3.63, 3.8) is 0 Å². The van der Waals surface area contributed by atoms with Crippen LogP contribution in [0.1, 0.15) is 44.9 Å². The van der Waals surface area contributed by atoms with Crippen LogP contribution < -0.4 is 20.7 Å². The number of rotatable bonds is 9. The number of hydrogen-bond donors (Lipinski definition) is 3. The molecule has 0 aliphatic heterocycles. The van der Waals surface area contributed by atoms with E-state index in [1.165, 1.54) is 18.1 Å². The molecule has 3 N–H and O–H groups in total. The van der Waals surface area contributed by atoms with Gasteiger partial charge in [-0.05, 0) is 54.7 Å². The highest BCUT2D eigenvalue weighted by Crippen LogP contribution is 2.18. The molecular weight excluding hydrogens is 376 g/mol. The number of aliphatic imine (C=N–C) groups is 1. The van der Waals surface area contributed by atoms with E-state index in [-0.39, 0.29) is 11.9 Å². The summed E-state index contributed by atoms with van der Waals surface area (Å²) in [5.74, 6) is 2.10. The van der Waals surface area contributed by atoms with Gasteiger partial charge in [0.25, 0.3) is 0 Å². The molecular formula is C24H34N4O2. The molecule has 2 rings (SSSR count). The van der Waals surface area contributed by atoms with Gasteiger partial charge in [0.15, 0.2) is 5.96 Å². The predicted octanol–water partition coefficient (Wildman–Crippen LogP) is 4.15. The first-order valence-electron chi connectivity index (χ1n) is 10.4. The topological polar surface area (TPSA) is 74.8 Å². The Bertz CT molecular complexity index is 814. The normalized spacial score (nSPS) is 12.4. The van der Waals surface area contributed by atoms with Crippen LogP contribution in [0.3, 0.4) is 0 Å². The lowest BCUT2D eigenvalue weighted by atomic mass is 10.1. The minimum atomic E-state index is -0.0638. The summed E-state index contributed by atoms with van der Waals surface area (Å²) in [4.78, 5) is 15.4. The lowest BCUT2D eigenvalue weighted by molar-refractivity contribution is -0.114. The van der Waals surface area contributed by atoms with Crippen LogP contribution >= 0.6 is 0 Å². The monoisotopic (exact) mass is 410 g/mol. The van der Waals surface area contributed by atoms with Gasteiger partial charge in [0, 0.05) is 26.2 Å². The Morgan fingerprint density at radius 3 is 2.27 bits per heavy atom. The number of carbonyl (C=O) groups excluding carboxylic acids is 1. The maximum atomic E-state index is 11.1. The number of nitrogens with one attached hydrogen (secondary N) is 3. The Morgan fingerprint density at radius 1 is 1.03 bits per heavy atom. The quantitative estimate of drug-likeness (QED) is 0.429. The molecule has 30 heavy (non-hydrogen) atoms. The minimum Gasteiger partial charge on any atom is -0.493 e. The summed E-state index contributed by atoms with van der Waals surface area (Å²) >= 11 is 0. The summed E-state index contributed by atoms with van der Waals surface area (Å²) in [5.41, 5.74) is 3.17. The summed E-state index contributed by atoms with van der Waals surface area (Å²) in [5, 5.41) is 9.55. The van der Waals surface area contributed by atoms with Crippen molar-refractivity contribution in [1.29, 1.82) is 0 Å².